The summed E-state index contributed by atoms with van der Waals surface area (Å²) < 4.78 is 4.29. The van der Waals surface area contributed by atoms with Crippen LogP contribution in [-0.2, 0) is 9.53 Å². The van der Waals surface area contributed by atoms with Crippen molar-refractivity contribution >= 4 is 17.6 Å². The zero-order valence-electron chi connectivity index (χ0n) is 11.0. The fourth-order valence-electron chi connectivity index (χ4n) is 1.46. The number of carbonyl (C=O) groups is 2. The highest BCUT2D eigenvalue weighted by atomic mass is 16.6. The predicted molar refractivity (Wildman–Crippen MR) is 68.2 cm³/mol. The van der Waals surface area contributed by atoms with Gasteiger partial charge in [-0.3, -0.25) is 14.9 Å². The predicted octanol–water partition coefficient (Wildman–Crippen LogP) is 0.167. The first-order valence-corrected chi connectivity index (χ1v) is 5.66. The van der Waals surface area contributed by atoms with Crippen LogP contribution in [-0.4, -0.2) is 41.7 Å². The molecule has 1 amide bonds. The van der Waals surface area contributed by atoms with Gasteiger partial charge in [0.25, 0.3) is 11.6 Å². The van der Waals surface area contributed by atoms with Gasteiger partial charge in [0.05, 0.1) is 18.6 Å². The van der Waals surface area contributed by atoms with E-state index in [9.17, 15) is 24.8 Å². The summed E-state index contributed by atoms with van der Waals surface area (Å²) in [7, 11) is 1.11. The lowest BCUT2D eigenvalue weighted by atomic mass is 10.1. The lowest BCUT2D eigenvalue weighted by Gasteiger charge is -2.10. The van der Waals surface area contributed by atoms with Gasteiger partial charge >= 0.3 is 5.97 Å². The lowest BCUT2D eigenvalue weighted by molar-refractivity contribution is -0.385. The van der Waals surface area contributed by atoms with Gasteiger partial charge in [0, 0.05) is 17.2 Å². The van der Waals surface area contributed by atoms with E-state index in [-0.39, 0.29) is 17.8 Å². The molecular formula is C12H14N2O6. The van der Waals surface area contributed by atoms with Crippen LogP contribution >= 0.6 is 0 Å². The number of rotatable bonds is 5. The molecule has 0 radical (unpaired) electrons. The Morgan fingerprint density at radius 3 is 2.70 bits per heavy atom. The number of aliphatic hydroxyl groups excluding tert-OH is 1. The third-order valence-corrected chi connectivity index (χ3v) is 2.60. The number of carbonyl (C=O) groups excluding carboxylic acids is 2. The third kappa shape index (κ3) is 3.75. The molecule has 0 spiro atoms. The van der Waals surface area contributed by atoms with E-state index in [4.69, 9.17) is 0 Å². The number of methoxy groups -OCH3 is 1. The minimum Gasteiger partial charge on any atom is -0.467 e. The van der Waals surface area contributed by atoms with Crippen molar-refractivity contribution in [2.24, 2.45) is 0 Å². The second-order valence-electron chi connectivity index (χ2n) is 4.01. The van der Waals surface area contributed by atoms with E-state index in [0.717, 1.165) is 13.2 Å². The first kappa shape index (κ1) is 15.6. The van der Waals surface area contributed by atoms with E-state index in [2.05, 4.69) is 10.1 Å². The van der Waals surface area contributed by atoms with Gasteiger partial charge in [-0.1, -0.05) is 6.07 Å². The van der Waals surface area contributed by atoms with Crippen LogP contribution in [0, 0.1) is 17.0 Å². The highest BCUT2D eigenvalue weighted by Crippen LogP contribution is 2.19. The molecule has 1 atom stereocenters. The number of amides is 1. The molecule has 1 unspecified atom stereocenters. The van der Waals surface area contributed by atoms with Crippen molar-refractivity contribution in [3.8, 4) is 0 Å². The number of nitrogens with one attached hydrogen (secondary N) is 1. The molecule has 0 aromatic heterocycles. The Morgan fingerprint density at radius 1 is 1.50 bits per heavy atom. The van der Waals surface area contributed by atoms with Gasteiger partial charge in [-0.05, 0) is 13.0 Å². The highest BCUT2D eigenvalue weighted by molar-refractivity contribution is 5.95. The number of nitro groups is 1. The maximum absolute atomic E-state index is 11.7. The molecule has 0 bridgehead atoms. The van der Waals surface area contributed by atoms with Gasteiger partial charge in [0.2, 0.25) is 0 Å². The summed E-state index contributed by atoms with van der Waals surface area (Å²) >= 11 is 0. The first-order chi connectivity index (χ1) is 9.36. The average Bonchev–Trinajstić information content (AvgIpc) is 2.43. The smallest absolute Gasteiger partial charge is 0.336 e. The quantitative estimate of drug-likeness (QED) is 0.451. The summed E-state index contributed by atoms with van der Waals surface area (Å²) in [6.07, 6.45) is -1.48. The normalized spacial score (nSPS) is 11.6. The van der Waals surface area contributed by atoms with E-state index < -0.39 is 22.9 Å². The molecule has 0 saturated carbocycles. The van der Waals surface area contributed by atoms with Crippen LogP contribution < -0.4 is 5.32 Å². The van der Waals surface area contributed by atoms with Gasteiger partial charge in [-0.15, -0.1) is 0 Å². The van der Waals surface area contributed by atoms with E-state index >= 15 is 0 Å². The summed E-state index contributed by atoms with van der Waals surface area (Å²) in [5.41, 5.74) is 0.326. The van der Waals surface area contributed by atoms with Crippen LogP contribution in [0.1, 0.15) is 15.9 Å². The summed E-state index contributed by atoms with van der Waals surface area (Å²) in [6.45, 7) is 1.22. The number of aryl methyl sites for hydroxylation is 1. The maximum Gasteiger partial charge on any atom is 0.336 e. The zero-order chi connectivity index (χ0) is 15.3. The van der Waals surface area contributed by atoms with Crippen LogP contribution in [0.4, 0.5) is 5.69 Å². The number of ether oxygens (including phenoxy) is 1. The van der Waals surface area contributed by atoms with Crippen molar-refractivity contribution in [2.45, 2.75) is 13.0 Å². The molecule has 8 heteroatoms. The zero-order valence-corrected chi connectivity index (χ0v) is 11.0. The van der Waals surface area contributed by atoms with Crippen LogP contribution in [0.5, 0.6) is 0 Å². The maximum atomic E-state index is 11.7. The molecule has 0 aliphatic heterocycles. The van der Waals surface area contributed by atoms with Gasteiger partial charge in [-0.25, -0.2) is 4.79 Å². The minimum atomic E-state index is -1.48. The summed E-state index contributed by atoms with van der Waals surface area (Å²) in [5, 5.41) is 22.4. The molecule has 108 valence electrons. The molecular weight excluding hydrogens is 268 g/mol. The van der Waals surface area contributed by atoms with Gasteiger partial charge in [0.1, 0.15) is 0 Å². The summed E-state index contributed by atoms with van der Waals surface area (Å²) in [4.78, 5) is 32.9. The van der Waals surface area contributed by atoms with Crippen LogP contribution in [0.15, 0.2) is 18.2 Å². The Kier molecular flexibility index (Phi) is 5.15. The van der Waals surface area contributed by atoms with Crippen molar-refractivity contribution < 1.29 is 24.4 Å². The monoisotopic (exact) mass is 282 g/mol. The number of nitrogens with zero attached hydrogens (tertiary/aromatic N) is 1. The molecule has 20 heavy (non-hydrogen) atoms. The number of nitro benzene ring substituents is 1. The molecule has 1 aromatic carbocycles. The molecule has 0 aliphatic carbocycles. The summed E-state index contributed by atoms with van der Waals surface area (Å²) in [6, 6.07) is 4.00. The molecule has 0 saturated heterocycles. The fraction of sp³-hybridized carbons (Fsp3) is 0.333. The van der Waals surface area contributed by atoms with Crippen LogP contribution in [0.2, 0.25) is 0 Å². The summed E-state index contributed by atoms with van der Waals surface area (Å²) in [5.74, 6) is -1.50. The van der Waals surface area contributed by atoms with Crippen molar-refractivity contribution in [2.75, 3.05) is 13.7 Å². The van der Waals surface area contributed by atoms with E-state index in [0.29, 0.717) is 5.56 Å². The number of aliphatic hydroxyl groups is 1. The number of hydrogen-bond donors (Lipinski definition) is 2. The van der Waals surface area contributed by atoms with Crippen LogP contribution in [0.25, 0.3) is 0 Å². The van der Waals surface area contributed by atoms with Gasteiger partial charge in [-0.2, -0.15) is 0 Å². The Hall–Kier alpha value is -2.48. The number of benzene rings is 1. The number of esters is 1. The Labute approximate surface area is 114 Å². The van der Waals surface area contributed by atoms with Crippen molar-refractivity contribution in [3.63, 3.8) is 0 Å². The first-order valence-electron chi connectivity index (χ1n) is 5.66. The van der Waals surface area contributed by atoms with E-state index in [1.807, 2.05) is 0 Å². The molecule has 0 heterocycles. The Bertz CT molecular complexity index is 543. The topological polar surface area (TPSA) is 119 Å². The lowest BCUT2D eigenvalue weighted by Crippen LogP contribution is -2.37. The minimum absolute atomic E-state index is 0.0689. The molecule has 0 aliphatic rings. The molecule has 1 rings (SSSR count). The fourth-order valence-corrected chi connectivity index (χ4v) is 1.46. The molecule has 0 fully saturated rings. The Morgan fingerprint density at radius 2 is 2.15 bits per heavy atom. The largest absolute Gasteiger partial charge is 0.467 e. The number of hydrogen-bond acceptors (Lipinski definition) is 6. The average molecular weight is 282 g/mol. The Balaban J connectivity index is 2.76. The third-order valence-electron chi connectivity index (χ3n) is 2.60. The van der Waals surface area contributed by atoms with Crippen molar-refractivity contribution in [1.82, 2.24) is 5.32 Å². The second kappa shape index (κ2) is 6.62. The van der Waals surface area contributed by atoms with Crippen molar-refractivity contribution in [1.29, 1.82) is 0 Å². The standard InChI is InChI=1S/C12H14N2O6/c1-7-3-4-8(5-9(7)14(18)19)11(16)13-6-10(15)12(17)20-2/h3-5,10,15H,6H2,1-2H3,(H,13,16). The molecule has 2 N–H and O–H groups in total. The van der Waals surface area contributed by atoms with Crippen molar-refractivity contribution in [3.05, 3.63) is 39.4 Å². The highest BCUT2D eigenvalue weighted by Gasteiger charge is 2.18. The SMILES string of the molecule is COC(=O)C(O)CNC(=O)c1ccc(C)c([N+](=O)[O-])c1. The van der Waals surface area contributed by atoms with E-state index in [1.54, 1.807) is 6.92 Å². The second-order valence-corrected chi connectivity index (χ2v) is 4.01. The van der Waals surface area contributed by atoms with Crippen LogP contribution in [0.3, 0.4) is 0 Å². The molecule has 1 aromatic rings. The molecule has 8 nitrogen and oxygen atoms in total. The van der Waals surface area contributed by atoms with Gasteiger partial charge in [0.15, 0.2) is 6.10 Å². The van der Waals surface area contributed by atoms with E-state index in [1.165, 1.54) is 12.1 Å². The van der Waals surface area contributed by atoms with Gasteiger partial charge < -0.3 is 15.2 Å².